The average molecular weight is 496 g/mol. The first-order chi connectivity index (χ1) is 16.6. The Morgan fingerprint density at radius 3 is 2.31 bits per heavy atom. The first-order valence-electron chi connectivity index (χ1n) is 10.5. The number of fused-ring (bicyclic) bond motifs is 1. The zero-order valence-corrected chi connectivity index (χ0v) is 19.1. The lowest BCUT2D eigenvalue weighted by Gasteiger charge is -2.16. The normalized spacial score (nSPS) is 12.3. The molecule has 0 aliphatic heterocycles. The van der Waals surface area contributed by atoms with E-state index in [4.69, 9.17) is 28.1 Å². The molecule has 188 valence electrons. The molecule has 1 atom stereocenters. The van der Waals surface area contributed by atoms with Gasteiger partial charge in [-0.1, -0.05) is 0 Å². The van der Waals surface area contributed by atoms with Crippen molar-refractivity contribution in [3.63, 3.8) is 0 Å². The first kappa shape index (κ1) is 25.9. The summed E-state index contributed by atoms with van der Waals surface area (Å²) in [4.78, 5) is 24.9. The van der Waals surface area contributed by atoms with Gasteiger partial charge in [-0.25, -0.2) is 4.79 Å². The minimum Gasteiger partial charge on any atom is -0.497 e. The van der Waals surface area contributed by atoms with Crippen molar-refractivity contribution in [2.24, 2.45) is 0 Å². The van der Waals surface area contributed by atoms with Gasteiger partial charge in [0.05, 0.1) is 19.1 Å². The zero-order chi connectivity index (χ0) is 25.6. The predicted octanol–water partition coefficient (Wildman–Crippen LogP) is 4.96. The molecule has 0 saturated heterocycles. The number of benzene rings is 2. The smallest absolute Gasteiger partial charge is 0.453 e. The molecule has 0 fully saturated rings. The molecule has 2 aromatic carbocycles. The summed E-state index contributed by atoms with van der Waals surface area (Å²) in [6, 6.07) is 9.30. The van der Waals surface area contributed by atoms with Crippen LogP contribution < -0.4 is 19.6 Å². The molecule has 1 aromatic heterocycles. The third-order valence-electron chi connectivity index (χ3n) is 4.68. The Hall–Kier alpha value is -3.73. The molecule has 0 saturated carbocycles. The summed E-state index contributed by atoms with van der Waals surface area (Å²) in [6.45, 7) is 3.93. The van der Waals surface area contributed by atoms with E-state index in [-0.39, 0.29) is 35.7 Å². The van der Waals surface area contributed by atoms with Gasteiger partial charge < -0.3 is 28.1 Å². The number of methoxy groups -OCH3 is 1. The second kappa shape index (κ2) is 11.1. The summed E-state index contributed by atoms with van der Waals surface area (Å²) in [5, 5.41) is -0.166. The number of halogens is 3. The van der Waals surface area contributed by atoms with Gasteiger partial charge >= 0.3 is 12.1 Å². The number of hydrogen-bond acceptors (Lipinski definition) is 8. The van der Waals surface area contributed by atoms with Crippen LogP contribution in [-0.2, 0) is 20.4 Å². The number of alkyl halides is 3. The molecule has 1 heterocycles. The van der Waals surface area contributed by atoms with Crippen molar-refractivity contribution < 1.29 is 46.1 Å². The Bertz CT molecular complexity index is 1220. The van der Waals surface area contributed by atoms with Crippen LogP contribution in [0, 0.1) is 0 Å². The molecule has 0 bridgehead atoms. The first-order valence-corrected chi connectivity index (χ1v) is 10.5. The van der Waals surface area contributed by atoms with Crippen LogP contribution in [0.3, 0.4) is 0 Å². The van der Waals surface area contributed by atoms with E-state index >= 15 is 0 Å². The van der Waals surface area contributed by atoms with E-state index in [0.29, 0.717) is 12.4 Å². The van der Waals surface area contributed by atoms with Crippen molar-refractivity contribution >= 4 is 16.9 Å². The number of hydrogen-bond donors (Lipinski definition) is 0. The van der Waals surface area contributed by atoms with Crippen molar-refractivity contribution in [3.8, 4) is 23.0 Å². The van der Waals surface area contributed by atoms with Crippen LogP contribution in [0.15, 0.2) is 51.7 Å². The number of carbonyl (C=O) groups is 1. The summed E-state index contributed by atoms with van der Waals surface area (Å²) >= 11 is 0. The van der Waals surface area contributed by atoms with Crippen LogP contribution in [-0.4, -0.2) is 39.0 Å². The van der Waals surface area contributed by atoms with Gasteiger partial charge in [0, 0.05) is 12.7 Å². The van der Waals surface area contributed by atoms with E-state index in [9.17, 15) is 22.8 Å². The highest BCUT2D eigenvalue weighted by Crippen LogP contribution is 2.39. The van der Waals surface area contributed by atoms with Crippen LogP contribution in [0.2, 0.25) is 0 Å². The third kappa shape index (κ3) is 6.44. The molecule has 0 radical (unpaired) electrons. The Kier molecular flexibility index (Phi) is 8.23. The molecule has 35 heavy (non-hydrogen) atoms. The number of rotatable bonds is 10. The highest BCUT2D eigenvalue weighted by Gasteiger charge is 2.40. The topological polar surface area (TPSA) is 93.4 Å². The van der Waals surface area contributed by atoms with Gasteiger partial charge in [-0.3, -0.25) is 4.79 Å². The maximum Gasteiger partial charge on any atom is 0.453 e. The Labute approximate surface area is 198 Å². The molecular formula is C24H23F3O8. The summed E-state index contributed by atoms with van der Waals surface area (Å²) in [5.74, 6) is -2.85. The predicted molar refractivity (Wildman–Crippen MR) is 118 cm³/mol. The van der Waals surface area contributed by atoms with Crippen molar-refractivity contribution in [2.75, 3.05) is 26.9 Å². The van der Waals surface area contributed by atoms with Gasteiger partial charge in [-0.15, -0.1) is 0 Å². The molecule has 0 N–H and O–H groups in total. The lowest BCUT2D eigenvalue weighted by Crippen LogP contribution is -2.27. The molecule has 0 unspecified atom stereocenters. The van der Waals surface area contributed by atoms with Crippen molar-refractivity contribution in [3.05, 3.63) is 58.4 Å². The van der Waals surface area contributed by atoms with Gasteiger partial charge in [-0.05, 0) is 50.2 Å². The van der Waals surface area contributed by atoms with E-state index in [0.717, 1.165) is 6.07 Å². The monoisotopic (exact) mass is 496 g/mol. The number of carbonyl (C=O) groups excluding carboxylic acids is 1. The van der Waals surface area contributed by atoms with Gasteiger partial charge in [0.25, 0.3) is 5.76 Å². The summed E-state index contributed by atoms with van der Waals surface area (Å²) in [7, 11) is 1.43. The zero-order valence-electron chi connectivity index (χ0n) is 19.1. The molecular weight excluding hydrogens is 473 g/mol. The fourth-order valence-electron chi connectivity index (χ4n) is 2.99. The molecule has 8 nitrogen and oxygen atoms in total. The lowest BCUT2D eigenvalue weighted by molar-refractivity contribution is -0.154. The van der Waals surface area contributed by atoms with E-state index in [1.807, 2.05) is 0 Å². The largest absolute Gasteiger partial charge is 0.497 e. The molecule has 11 heteroatoms. The van der Waals surface area contributed by atoms with Crippen molar-refractivity contribution in [1.29, 1.82) is 0 Å². The Balaban J connectivity index is 1.90. The molecule has 0 spiro atoms. The Morgan fingerprint density at radius 1 is 1.03 bits per heavy atom. The van der Waals surface area contributed by atoms with Crippen LogP contribution in [0.25, 0.3) is 11.0 Å². The summed E-state index contributed by atoms with van der Waals surface area (Å²) in [5.41, 5.74) is -1.41. The SMILES string of the molecule is CCOCCOC(=O)[C@H](C)Oc1ccc2c(=O)c(Oc3ccc(OC)cc3)c(C(F)(F)F)oc2c1. The summed E-state index contributed by atoms with van der Waals surface area (Å²) < 4.78 is 72.0. The maximum absolute atomic E-state index is 13.7. The third-order valence-corrected chi connectivity index (χ3v) is 4.68. The second-order valence-electron chi connectivity index (χ2n) is 7.15. The fraction of sp³-hybridized carbons (Fsp3) is 0.333. The molecule has 3 rings (SSSR count). The minimum absolute atomic E-state index is 0.00635. The van der Waals surface area contributed by atoms with Crippen molar-refractivity contribution in [1.82, 2.24) is 0 Å². The fourth-order valence-corrected chi connectivity index (χ4v) is 2.99. The highest BCUT2D eigenvalue weighted by molar-refractivity contribution is 5.80. The minimum atomic E-state index is -5.02. The molecule has 0 amide bonds. The lowest BCUT2D eigenvalue weighted by atomic mass is 10.2. The molecule has 0 aliphatic carbocycles. The average Bonchev–Trinajstić information content (AvgIpc) is 2.83. The van der Waals surface area contributed by atoms with Gasteiger partial charge in [0.2, 0.25) is 11.2 Å². The second-order valence-corrected chi connectivity index (χ2v) is 7.15. The van der Waals surface area contributed by atoms with Gasteiger partial charge in [-0.2, -0.15) is 13.2 Å². The van der Waals surface area contributed by atoms with E-state index in [1.165, 1.54) is 50.4 Å². The van der Waals surface area contributed by atoms with E-state index < -0.39 is 35.2 Å². The van der Waals surface area contributed by atoms with E-state index in [1.54, 1.807) is 6.92 Å². The Morgan fingerprint density at radius 2 is 1.69 bits per heavy atom. The number of ether oxygens (including phenoxy) is 5. The quantitative estimate of drug-likeness (QED) is 0.287. The standard InChI is InChI=1S/C24H23F3O8/c1-4-31-11-12-32-23(29)14(2)33-17-9-10-18-19(13-17)35-22(24(25,26)27)21(20(18)28)34-16-7-5-15(30-3)6-8-16/h5-10,13-14H,4,11-12H2,1-3H3/t14-/m0/s1. The van der Waals surface area contributed by atoms with Gasteiger partial charge in [0.15, 0.2) is 6.10 Å². The molecule has 3 aromatic rings. The van der Waals surface area contributed by atoms with Crippen molar-refractivity contribution in [2.45, 2.75) is 26.1 Å². The number of esters is 1. The van der Waals surface area contributed by atoms with Gasteiger partial charge in [0.1, 0.15) is 29.4 Å². The highest BCUT2D eigenvalue weighted by atomic mass is 19.4. The van der Waals surface area contributed by atoms with Crippen LogP contribution in [0.5, 0.6) is 23.0 Å². The van der Waals surface area contributed by atoms with Crippen LogP contribution in [0.1, 0.15) is 19.6 Å². The summed E-state index contributed by atoms with van der Waals surface area (Å²) in [6.07, 6.45) is -6.09. The van der Waals surface area contributed by atoms with Crippen LogP contribution in [0.4, 0.5) is 13.2 Å². The maximum atomic E-state index is 13.7. The van der Waals surface area contributed by atoms with Crippen LogP contribution >= 0.6 is 0 Å². The molecule has 0 aliphatic rings. The van der Waals surface area contributed by atoms with E-state index in [2.05, 4.69) is 0 Å².